The molecule has 7 heteroatoms. The molecule has 0 N–H and O–H groups in total. The van der Waals surface area contributed by atoms with Crippen LogP contribution in [0.25, 0.3) is 22.1 Å². The molecule has 0 spiro atoms. The number of aryl methyl sites for hydroxylation is 1. The average Bonchev–Trinajstić information content (AvgIpc) is 3.25. The Kier molecular flexibility index (Phi) is 5.93. The first-order chi connectivity index (χ1) is 15.5. The van der Waals surface area contributed by atoms with Gasteiger partial charge in [0.05, 0.1) is 18.3 Å². The Morgan fingerprint density at radius 2 is 1.78 bits per heavy atom. The van der Waals surface area contributed by atoms with Gasteiger partial charge in [0.15, 0.2) is 11.7 Å². The molecule has 2 saturated heterocycles. The number of oxazole rings is 1. The molecule has 2 aliphatic heterocycles. The van der Waals surface area contributed by atoms with Crippen LogP contribution in [0.1, 0.15) is 24.4 Å². The van der Waals surface area contributed by atoms with Gasteiger partial charge in [-0.25, -0.2) is 4.98 Å². The fourth-order valence-corrected chi connectivity index (χ4v) is 4.87. The number of benzene rings is 1. The van der Waals surface area contributed by atoms with E-state index in [1.54, 1.807) is 6.20 Å². The van der Waals surface area contributed by atoms with Crippen LogP contribution in [0.4, 0.5) is 0 Å². The highest BCUT2D eigenvalue weighted by molar-refractivity contribution is 5.87. The third-order valence-corrected chi connectivity index (χ3v) is 6.89. The van der Waals surface area contributed by atoms with Crippen molar-refractivity contribution in [2.24, 2.45) is 0 Å². The zero-order chi connectivity index (χ0) is 22.1. The minimum Gasteiger partial charge on any atom is -0.441 e. The number of carbonyl (C=O) groups is 1. The van der Waals surface area contributed by atoms with Crippen LogP contribution in [0.15, 0.2) is 41.1 Å². The molecule has 1 aromatic carbocycles. The van der Waals surface area contributed by atoms with E-state index in [-0.39, 0.29) is 5.91 Å². The molecule has 0 atom stereocenters. The second-order valence-electron chi connectivity index (χ2n) is 9.11. The Labute approximate surface area is 189 Å². The van der Waals surface area contributed by atoms with E-state index in [2.05, 4.69) is 32.9 Å². The molecule has 2 aromatic heterocycles. The second-order valence-corrected chi connectivity index (χ2v) is 9.11. The van der Waals surface area contributed by atoms with E-state index in [1.807, 2.05) is 36.2 Å². The highest BCUT2D eigenvalue weighted by atomic mass is 16.4. The summed E-state index contributed by atoms with van der Waals surface area (Å²) in [6.07, 6.45) is 6.09. The molecule has 168 valence electrons. The van der Waals surface area contributed by atoms with Crippen molar-refractivity contribution in [2.45, 2.75) is 32.2 Å². The summed E-state index contributed by atoms with van der Waals surface area (Å²) in [4.78, 5) is 28.7. The number of fused-ring (bicyclic) bond motifs is 1. The fraction of sp³-hybridized carbons (Fsp3) is 0.480. The van der Waals surface area contributed by atoms with Crippen LogP contribution in [-0.4, -0.2) is 82.9 Å². The van der Waals surface area contributed by atoms with Crippen molar-refractivity contribution in [2.75, 3.05) is 46.3 Å². The van der Waals surface area contributed by atoms with Gasteiger partial charge in [0.1, 0.15) is 0 Å². The molecule has 32 heavy (non-hydrogen) atoms. The third-order valence-electron chi connectivity index (χ3n) is 6.89. The van der Waals surface area contributed by atoms with Crippen molar-refractivity contribution in [3.8, 4) is 11.3 Å². The van der Waals surface area contributed by atoms with Gasteiger partial charge in [0.2, 0.25) is 5.91 Å². The number of hydrogen-bond donors (Lipinski definition) is 0. The van der Waals surface area contributed by atoms with Crippen molar-refractivity contribution in [3.05, 3.63) is 48.2 Å². The molecule has 2 aliphatic rings. The Hall–Kier alpha value is -2.77. The lowest BCUT2D eigenvalue weighted by molar-refractivity contribution is -0.132. The normalized spacial score (nSPS) is 19.0. The summed E-state index contributed by atoms with van der Waals surface area (Å²) < 4.78 is 5.66. The molecule has 7 nitrogen and oxygen atoms in total. The van der Waals surface area contributed by atoms with Crippen LogP contribution in [-0.2, 0) is 11.2 Å². The highest BCUT2D eigenvalue weighted by Crippen LogP contribution is 2.25. The number of piperidine rings is 1. The lowest BCUT2D eigenvalue weighted by Gasteiger charge is -2.42. The summed E-state index contributed by atoms with van der Waals surface area (Å²) in [5.41, 5.74) is 1.79. The number of likely N-dealkylation sites (tertiary alicyclic amines) is 1. The Bertz CT molecular complexity index is 1090. The summed E-state index contributed by atoms with van der Waals surface area (Å²) in [5.74, 6) is 1.58. The van der Waals surface area contributed by atoms with Crippen LogP contribution in [0.2, 0.25) is 0 Å². The SMILES string of the molecule is Cc1ncc(-c2ccc3cnc(CC(=O)N4CCC(N5CCN(C)CC5)CC4)cc3c2)o1. The minimum absolute atomic E-state index is 0.177. The maximum atomic E-state index is 13.0. The number of likely N-dealkylation sites (N-methyl/N-ethyl adjacent to an activating group) is 1. The summed E-state index contributed by atoms with van der Waals surface area (Å²) in [5, 5.41) is 2.11. The molecule has 0 radical (unpaired) electrons. The van der Waals surface area contributed by atoms with E-state index in [9.17, 15) is 4.79 Å². The largest absolute Gasteiger partial charge is 0.441 e. The van der Waals surface area contributed by atoms with E-state index in [1.165, 1.54) is 0 Å². The Balaban J connectivity index is 1.22. The van der Waals surface area contributed by atoms with Crippen molar-refractivity contribution >= 4 is 16.7 Å². The quantitative estimate of drug-likeness (QED) is 0.630. The molecule has 2 fully saturated rings. The summed E-state index contributed by atoms with van der Waals surface area (Å²) in [7, 11) is 2.19. The van der Waals surface area contributed by atoms with Crippen LogP contribution in [0.5, 0.6) is 0 Å². The zero-order valence-electron chi connectivity index (χ0n) is 19.0. The lowest BCUT2D eigenvalue weighted by atomic mass is 10.0. The maximum absolute atomic E-state index is 13.0. The van der Waals surface area contributed by atoms with Crippen molar-refractivity contribution in [1.82, 2.24) is 24.7 Å². The van der Waals surface area contributed by atoms with E-state index < -0.39 is 0 Å². The van der Waals surface area contributed by atoms with Gasteiger partial charge in [0.25, 0.3) is 0 Å². The third kappa shape index (κ3) is 4.54. The van der Waals surface area contributed by atoms with Gasteiger partial charge in [0, 0.05) is 69.4 Å². The van der Waals surface area contributed by atoms with Gasteiger partial charge >= 0.3 is 0 Å². The first-order valence-electron chi connectivity index (χ1n) is 11.6. The maximum Gasteiger partial charge on any atom is 0.228 e. The topological polar surface area (TPSA) is 65.7 Å². The summed E-state index contributed by atoms with van der Waals surface area (Å²) in [6, 6.07) is 8.76. The lowest BCUT2D eigenvalue weighted by Crippen LogP contribution is -2.53. The Morgan fingerprint density at radius 1 is 1.00 bits per heavy atom. The van der Waals surface area contributed by atoms with Gasteiger partial charge < -0.3 is 14.2 Å². The number of piperazine rings is 1. The molecular weight excluding hydrogens is 402 g/mol. The predicted octanol–water partition coefficient (Wildman–Crippen LogP) is 2.98. The van der Waals surface area contributed by atoms with Crippen LogP contribution >= 0.6 is 0 Å². The smallest absolute Gasteiger partial charge is 0.228 e. The van der Waals surface area contributed by atoms with Crippen LogP contribution < -0.4 is 0 Å². The van der Waals surface area contributed by atoms with Crippen molar-refractivity contribution in [3.63, 3.8) is 0 Å². The molecule has 1 amide bonds. The standard InChI is InChI=1S/C25H31N5O2/c1-18-26-17-24(32-18)19-3-4-20-16-27-22(14-21(20)13-19)15-25(31)30-7-5-23(6-8-30)29-11-9-28(2)10-12-29/h3-4,13-14,16-17,23H,5-12,15H2,1-2H3. The van der Waals surface area contributed by atoms with Crippen molar-refractivity contribution in [1.29, 1.82) is 0 Å². The van der Waals surface area contributed by atoms with Gasteiger partial charge in [-0.1, -0.05) is 12.1 Å². The molecule has 4 heterocycles. The first-order valence-corrected chi connectivity index (χ1v) is 11.6. The second kappa shape index (κ2) is 9.00. The van der Waals surface area contributed by atoms with Crippen LogP contribution in [0.3, 0.4) is 0 Å². The molecule has 0 aliphatic carbocycles. The fourth-order valence-electron chi connectivity index (χ4n) is 4.87. The summed E-state index contributed by atoms with van der Waals surface area (Å²) in [6.45, 7) is 8.11. The molecule has 3 aromatic rings. The van der Waals surface area contributed by atoms with Gasteiger partial charge in [-0.05, 0) is 37.4 Å². The number of hydrogen-bond acceptors (Lipinski definition) is 6. The average molecular weight is 434 g/mol. The number of amides is 1. The number of nitrogens with zero attached hydrogens (tertiary/aromatic N) is 5. The highest BCUT2D eigenvalue weighted by Gasteiger charge is 2.28. The van der Waals surface area contributed by atoms with Gasteiger partial charge in [-0.2, -0.15) is 0 Å². The first kappa shape index (κ1) is 21.1. The molecule has 0 unspecified atom stereocenters. The van der Waals surface area contributed by atoms with Gasteiger partial charge in [-0.15, -0.1) is 0 Å². The molecule has 0 bridgehead atoms. The Morgan fingerprint density at radius 3 is 2.50 bits per heavy atom. The molecule has 5 rings (SSSR count). The van der Waals surface area contributed by atoms with Gasteiger partial charge in [-0.3, -0.25) is 14.7 Å². The van der Waals surface area contributed by atoms with E-state index in [0.717, 1.165) is 79.9 Å². The number of rotatable bonds is 4. The van der Waals surface area contributed by atoms with Crippen LogP contribution in [0, 0.1) is 6.92 Å². The van der Waals surface area contributed by atoms with Crippen molar-refractivity contribution < 1.29 is 9.21 Å². The molecular formula is C25H31N5O2. The number of pyridine rings is 1. The number of aromatic nitrogens is 2. The van der Waals surface area contributed by atoms with E-state index in [4.69, 9.17) is 4.42 Å². The predicted molar refractivity (Wildman–Crippen MR) is 124 cm³/mol. The number of carbonyl (C=O) groups excluding carboxylic acids is 1. The monoisotopic (exact) mass is 433 g/mol. The van der Waals surface area contributed by atoms with E-state index in [0.29, 0.717) is 18.4 Å². The zero-order valence-corrected chi connectivity index (χ0v) is 19.0. The minimum atomic E-state index is 0.177. The molecule has 0 saturated carbocycles. The summed E-state index contributed by atoms with van der Waals surface area (Å²) >= 11 is 0. The van der Waals surface area contributed by atoms with E-state index >= 15 is 0 Å².